The number of phenolic OH excluding ortho intramolecular Hbond substituents is 2. The van der Waals surface area contributed by atoms with Crippen LogP contribution in [0, 0.1) is 0 Å². The first-order chi connectivity index (χ1) is 10.1. The van der Waals surface area contributed by atoms with Gasteiger partial charge in [0.15, 0.2) is 17.1 Å². The Labute approximate surface area is 126 Å². The Bertz CT molecular complexity index is 595. The minimum atomic E-state index is -2.38. The van der Waals surface area contributed by atoms with E-state index >= 15 is 0 Å². The number of phenols is 2. The number of aliphatic carboxylic acids is 1. The zero-order chi connectivity index (χ0) is 16.9. The molecule has 120 valence electrons. The number of nitrogens with one attached hydrogen (secondary N) is 1. The molecule has 0 aliphatic heterocycles. The van der Waals surface area contributed by atoms with E-state index in [0.717, 1.165) is 13.0 Å². The molecule has 6 N–H and O–H groups in total. The fraction of sp³-hybridized carbons (Fsp3) is 0.286. The van der Waals surface area contributed by atoms with E-state index in [4.69, 9.17) is 10.2 Å². The van der Waals surface area contributed by atoms with Crippen molar-refractivity contribution in [2.75, 3.05) is 6.54 Å². The van der Waals surface area contributed by atoms with E-state index in [-0.39, 0.29) is 11.5 Å². The van der Waals surface area contributed by atoms with Gasteiger partial charge in [0, 0.05) is 12.6 Å². The lowest BCUT2D eigenvalue weighted by Gasteiger charge is -2.24. The number of aliphatic hydroxyl groups is 2. The molecule has 8 heteroatoms. The summed E-state index contributed by atoms with van der Waals surface area (Å²) in [6.07, 6.45) is 0.754. The number of amides is 1. The minimum absolute atomic E-state index is 0.291. The molecule has 0 spiro atoms. The first-order valence-corrected chi connectivity index (χ1v) is 6.26. The second-order valence-corrected chi connectivity index (χ2v) is 4.80. The fourth-order valence-corrected chi connectivity index (χ4v) is 1.41. The lowest BCUT2D eigenvalue weighted by molar-refractivity contribution is -0.168. The topological polar surface area (TPSA) is 147 Å². The molecule has 22 heavy (non-hydrogen) atoms. The molecule has 0 bridgehead atoms. The zero-order valence-corrected chi connectivity index (χ0v) is 11.7. The summed E-state index contributed by atoms with van der Waals surface area (Å²) in [4.78, 5) is 22.2. The van der Waals surface area contributed by atoms with E-state index in [2.05, 4.69) is 5.32 Å². The van der Waals surface area contributed by atoms with Crippen molar-refractivity contribution in [1.29, 1.82) is 0 Å². The normalized spacial score (nSPS) is 15.2. The number of aliphatic hydroxyl groups excluding tert-OH is 1. The number of carbonyl (C=O) groups excluding carboxylic acids is 1. The van der Waals surface area contributed by atoms with Crippen molar-refractivity contribution < 1.29 is 35.1 Å². The molecule has 1 amide bonds. The average Bonchev–Trinajstić information content (AvgIpc) is 2.45. The zero-order valence-electron chi connectivity index (χ0n) is 11.7. The van der Waals surface area contributed by atoms with Crippen molar-refractivity contribution in [3.05, 3.63) is 29.8 Å². The predicted octanol–water partition coefficient (Wildman–Crippen LogP) is -0.576. The van der Waals surface area contributed by atoms with E-state index in [1.165, 1.54) is 24.3 Å². The Morgan fingerprint density at radius 2 is 1.95 bits per heavy atom. The van der Waals surface area contributed by atoms with E-state index < -0.39 is 30.1 Å². The summed E-state index contributed by atoms with van der Waals surface area (Å²) in [5.41, 5.74) is -1.93. The van der Waals surface area contributed by atoms with Gasteiger partial charge in [0.2, 0.25) is 5.91 Å². The largest absolute Gasteiger partial charge is 0.504 e. The second-order valence-electron chi connectivity index (χ2n) is 4.80. The Kier molecular flexibility index (Phi) is 5.50. The third-order valence-corrected chi connectivity index (χ3v) is 2.98. The summed E-state index contributed by atoms with van der Waals surface area (Å²) in [5.74, 6) is -2.87. The summed E-state index contributed by atoms with van der Waals surface area (Å²) >= 11 is 0. The average molecular weight is 311 g/mol. The number of hydrogen-bond acceptors (Lipinski definition) is 6. The second kappa shape index (κ2) is 6.92. The van der Waals surface area contributed by atoms with Crippen LogP contribution in [-0.2, 0) is 9.59 Å². The highest BCUT2D eigenvalue weighted by atomic mass is 16.4. The first kappa shape index (κ1) is 17.5. The molecule has 1 aromatic rings. The van der Waals surface area contributed by atoms with E-state index in [0.29, 0.717) is 5.56 Å². The number of carbonyl (C=O) groups is 2. The molecule has 8 nitrogen and oxygen atoms in total. The smallest absolute Gasteiger partial charge is 0.338 e. The van der Waals surface area contributed by atoms with Crippen molar-refractivity contribution in [3.63, 3.8) is 0 Å². The van der Waals surface area contributed by atoms with Crippen LogP contribution < -0.4 is 5.32 Å². The molecule has 2 atom stereocenters. The minimum Gasteiger partial charge on any atom is -0.504 e. The Morgan fingerprint density at radius 1 is 1.32 bits per heavy atom. The lowest BCUT2D eigenvalue weighted by atomic mass is 9.99. The van der Waals surface area contributed by atoms with Crippen molar-refractivity contribution in [3.8, 4) is 11.5 Å². The van der Waals surface area contributed by atoms with Gasteiger partial charge in [-0.3, -0.25) is 4.79 Å². The van der Waals surface area contributed by atoms with Crippen molar-refractivity contribution in [2.24, 2.45) is 0 Å². The van der Waals surface area contributed by atoms with Gasteiger partial charge >= 0.3 is 5.97 Å². The summed E-state index contributed by atoms with van der Waals surface area (Å²) in [6, 6.07) is 3.95. The third-order valence-electron chi connectivity index (χ3n) is 2.98. The molecule has 0 radical (unpaired) electrons. The van der Waals surface area contributed by atoms with Gasteiger partial charge in [-0.05, 0) is 30.7 Å². The monoisotopic (exact) mass is 311 g/mol. The molecule has 0 fully saturated rings. The third kappa shape index (κ3) is 4.47. The molecule has 1 rings (SSSR count). The Hall–Kier alpha value is -2.58. The summed E-state index contributed by atoms with van der Waals surface area (Å²) in [5, 5.41) is 48.3. The van der Waals surface area contributed by atoms with E-state index in [9.17, 15) is 24.9 Å². The van der Waals surface area contributed by atoms with Gasteiger partial charge in [-0.1, -0.05) is 6.07 Å². The molecule has 0 saturated heterocycles. The summed E-state index contributed by atoms with van der Waals surface area (Å²) < 4.78 is 0. The molecule has 0 unspecified atom stereocenters. The SMILES string of the molecule is C[C@](O)(C(=O)O)[C@@H](O)CNC(=O)/C=C\c1ccc(O)c(O)c1. The molecular weight excluding hydrogens is 294 g/mol. The maximum absolute atomic E-state index is 11.5. The van der Waals surface area contributed by atoms with Crippen molar-refractivity contribution in [2.45, 2.75) is 18.6 Å². The summed E-state index contributed by atoms with van der Waals surface area (Å²) in [6.45, 7) is 0.463. The van der Waals surface area contributed by atoms with Crippen LogP contribution in [0.1, 0.15) is 12.5 Å². The van der Waals surface area contributed by atoms with Gasteiger partial charge in [-0.2, -0.15) is 0 Å². The van der Waals surface area contributed by atoms with Gasteiger partial charge in [-0.15, -0.1) is 0 Å². The van der Waals surface area contributed by atoms with Gasteiger partial charge in [0.05, 0.1) is 0 Å². The van der Waals surface area contributed by atoms with Crippen LogP contribution in [0.15, 0.2) is 24.3 Å². The number of carboxylic acids is 1. The number of benzene rings is 1. The van der Waals surface area contributed by atoms with Crippen LogP contribution in [0.5, 0.6) is 11.5 Å². The molecular formula is C14H17NO7. The maximum atomic E-state index is 11.5. The highest BCUT2D eigenvalue weighted by molar-refractivity contribution is 5.91. The van der Waals surface area contributed by atoms with Gasteiger partial charge in [-0.25, -0.2) is 4.79 Å². The van der Waals surface area contributed by atoms with Crippen LogP contribution in [0.3, 0.4) is 0 Å². The predicted molar refractivity (Wildman–Crippen MR) is 76.1 cm³/mol. The quantitative estimate of drug-likeness (QED) is 0.304. The van der Waals surface area contributed by atoms with Crippen LogP contribution in [0.25, 0.3) is 6.08 Å². The van der Waals surface area contributed by atoms with E-state index in [1.807, 2.05) is 0 Å². The number of aromatic hydroxyl groups is 2. The number of rotatable bonds is 6. The Morgan fingerprint density at radius 3 is 2.50 bits per heavy atom. The van der Waals surface area contributed by atoms with E-state index in [1.54, 1.807) is 0 Å². The van der Waals surface area contributed by atoms with Crippen molar-refractivity contribution in [1.82, 2.24) is 5.32 Å². The molecule has 1 aromatic carbocycles. The number of carboxylic acid groups (broad SMARTS) is 1. The van der Waals surface area contributed by atoms with Crippen molar-refractivity contribution >= 4 is 18.0 Å². The standard InChI is InChI=1S/C14H17NO7/c1-14(22,13(20)21)11(18)7-15-12(19)5-3-8-2-4-9(16)10(17)6-8/h2-6,11,16-18,22H,7H2,1H3,(H,15,19)(H,20,21)/b5-3-/t11-,14+/m0/s1. The first-order valence-electron chi connectivity index (χ1n) is 6.26. The van der Waals surface area contributed by atoms with Crippen LogP contribution in [0.4, 0.5) is 0 Å². The summed E-state index contributed by atoms with van der Waals surface area (Å²) in [7, 11) is 0. The van der Waals surface area contributed by atoms with Gasteiger partial charge < -0.3 is 30.8 Å². The Balaban J connectivity index is 2.58. The lowest BCUT2D eigenvalue weighted by Crippen LogP contribution is -2.51. The maximum Gasteiger partial charge on any atom is 0.338 e. The molecule has 0 aliphatic rings. The van der Waals surface area contributed by atoms with Crippen LogP contribution >= 0.6 is 0 Å². The van der Waals surface area contributed by atoms with Crippen LogP contribution in [-0.4, -0.2) is 55.7 Å². The molecule has 0 aliphatic carbocycles. The number of hydrogen-bond donors (Lipinski definition) is 6. The fourth-order valence-electron chi connectivity index (χ4n) is 1.41. The highest BCUT2D eigenvalue weighted by Gasteiger charge is 2.38. The van der Waals surface area contributed by atoms with Gasteiger partial charge in [0.25, 0.3) is 0 Å². The molecule has 0 saturated carbocycles. The molecule has 0 aromatic heterocycles. The van der Waals surface area contributed by atoms with Gasteiger partial charge in [0.1, 0.15) is 6.10 Å². The molecule has 0 heterocycles. The highest BCUT2D eigenvalue weighted by Crippen LogP contribution is 2.25. The van der Waals surface area contributed by atoms with Crippen LogP contribution in [0.2, 0.25) is 0 Å².